The first kappa shape index (κ1) is 19.9. The molecule has 0 radical (unpaired) electrons. The molecule has 150 valence electrons. The Morgan fingerprint density at radius 2 is 2.11 bits per heavy atom. The molecular weight excluding hydrogens is 375 g/mol. The first-order valence-electron chi connectivity index (χ1n) is 8.74. The van der Waals surface area contributed by atoms with Gasteiger partial charge in [-0.15, -0.1) is 0 Å². The molecule has 1 aliphatic rings. The Kier molecular flexibility index (Phi) is 5.44. The summed E-state index contributed by atoms with van der Waals surface area (Å²) in [4.78, 5) is 27.8. The zero-order valence-corrected chi connectivity index (χ0v) is 15.5. The van der Waals surface area contributed by atoms with Gasteiger partial charge in [0.2, 0.25) is 11.8 Å². The molecule has 3 rings (SSSR count). The molecule has 1 atom stereocenters. The van der Waals surface area contributed by atoms with Crippen LogP contribution in [0.4, 0.5) is 13.2 Å². The molecule has 2 heterocycles. The van der Waals surface area contributed by atoms with Crippen molar-refractivity contribution in [2.45, 2.75) is 32.6 Å². The normalized spacial score (nSPS) is 17.2. The van der Waals surface area contributed by atoms with Gasteiger partial charge in [-0.3, -0.25) is 9.59 Å². The van der Waals surface area contributed by atoms with E-state index in [0.717, 1.165) is 12.1 Å². The highest BCUT2D eigenvalue weighted by atomic mass is 19.4. The third-order valence-corrected chi connectivity index (χ3v) is 4.64. The standard InChI is InChI=1S/C19H20F3N3O3/c1-12-6-16(23-28-12)11-24(2)18(27)14-8-17(26)25(10-14)9-13-4-3-5-15(7-13)19(20,21)22/h3-7,14H,8-11H2,1-2H3. The van der Waals surface area contributed by atoms with Crippen molar-refractivity contribution < 1.29 is 27.3 Å². The van der Waals surface area contributed by atoms with E-state index in [1.54, 1.807) is 20.0 Å². The summed E-state index contributed by atoms with van der Waals surface area (Å²) in [6.07, 6.45) is -4.40. The third-order valence-electron chi connectivity index (χ3n) is 4.64. The number of amides is 2. The number of rotatable bonds is 5. The Bertz CT molecular complexity index is 879. The van der Waals surface area contributed by atoms with Crippen LogP contribution in [0.15, 0.2) is 34.9 Å². The van der Waals surface area contributed by atoms with Crippen LogP contribution in [-0.2, 0) is 28.9 Å². The van der Waals surface area contributed by atoms with Gasteiger partial charge in [-0.2, -0.15) is 13.2 Å². The van der Waals surface area contributed by atoms with Gasteiger partial charge < -0.3 is 14.3 Å². The van der Waals surface area contributed by atoms with E-state index < -0.39 is 17.7 Å². The molecular formula is C19H20F3N3O3. The fourth-order valence-corrected chi connectivity index (χ4v) is 3.28. The lowest BCUT2D eigenvalue weighted by atomic mass is 10.1. The lowest BCUT2D eigenvalue weighted by Crippen LogP contribution is -2.34. The lowest BCUT2D eigenvalue weighted by molar-refractivity contribution is -0.137. The summed E-state index contributed by atoms with van der Waals surface area (Å²) >= 11 is 0. The van der Waals surface area contributed by atoms with Crippen molar-refractivity contribution in [1.82, 2.24) is 15.0 Å². The number of aryl methyl sites for hydroxylation is 1. The summed E-state index contributed by atoms with van der Waals surface area (Å²) in [5, 5.41) is 3.84. The fraction of sp³-hybridized carbons (Fsp3) is 0.421. The number of hydrogen-bond donors (Lipinski definition) is 0. The monoisotopic (exact) mass is 395 g/mol. The number of hydrogen-bond acceptors (Lipinski definition) is 4. The molecule has 6 nitrogen and oxygen atoms in total. The minimum Gasteiger partial charge on any atom is -0.361 e. The molecule has 1 aromatic heterocycles. The number of alkyl halides is 3. The van der Waals surface area contributed by atoms with E-state index in [4.69, 9.17) is 4.52 Å². The van der Waals surface area contributed by atoms with Crippen LogP contribution < -0.4 is 0 Å². The topological polar surface area (TPSA) is 66.7 Å². The van der Waals surface area contributed by atoms with Gasteiger partial charge in [0, 0.05) is 32.6 Å². The first-order valence-corrected chi connectivity index (χ1v) is 8.74. The largest absolute Gasteiger partial charge is 0.416 e. The molecule has 1 aromatic carbocycles. The second-order valence-electron chi connectivity index (χ2n) is 7.00. The molecule has 28 heavy (non-hydrogen) atoms. The predicted molar refractivity (Wildman–Crippen MR) is 92.7 cm³/mol. The average molecular weight is 395 g/mol. The number of carbonyl (C=O) groups is 2. The van der Waals surface area contributed by atoms with Gasteiger partial charge in [0.05, 0.1) is 18.0 Å². The molecule has 0 saturated carbocycles. The molecule has 2 amide bonds. The third kappa shape index (κ3) is 4.52. The van der Waals surface area contributed by atoms with Gasteiger partial charge in [-0.25, -0.2) is 0 Å². The van der Waals surface area contributed by atoms with E-state index in [1.165, 1.54) is 21.9 Å². The van der Waals surface area contributed by atoms with Crippen LogP contribution in [0.2, 0.25) is 0 Å². The average Bonchev–Trinajstić information content (AvgIpc) is 3.19. The van der Waals surface area contributed by atoms with E-state index in [-0.39, 0.29) is 37.9 Å². The summed E-state index contributed by atoms with van der Waals surface area (Å²) in [5.74, 6) is -0.350. The zero-order chi connectivity index (χ0) is 20.5. The second kappa shape index (κ2) is 7.65. The summed E-state index contributed by atoms with van der Waals surface area (Å²) < 4.78 is 43.5. The highest BCUT2D eigenvalue weighted by molar-refractivity contribution is 5.89. The Morgan fingerprint density at radius 1 is 1.36 bits per heavy atom. The zero-order valence-electron chi connectivity index (χ0n) is 15.5. The van der Waals surface area contributed by atoms with Crippen LogP contribution in [0.1, 0.15) is 29.0 Å². The highest BCUT2D eigenvalue weighted by Crippen LogP contribution is 2.30. The van der Waals surface area contributed by atoms with Crippen LogP contribution >= 0.6 is 0 Å². The maximum Gasteiger partial charge on any atom is 0.416 e. The van der Waals surface area contributed by atoms with Gasteiger partial charge in [0.15, 0.2) is 0 Å². The highest BCUT2D eigenvalue weighted by Gasteiger charge is 2.36. The minimum absolute atomic E-state index is 0.0404. The van der Waals surface area contributed by atoms with Crippen LogP contribution in [0, 0.1) is 12.8 Å². The summed E-state index contributed by atoms with van der Waals surface area (Å²) in [5.41, 5.74) is 0.230. The number of nitrogens with zero attached hydrogens (tertiary/aromatic N) is 3. The van der Waals surface area contributed by atoms with Crippen molar-refractivity contribution >= 4 is 11.8 Å². The van der Waals surface area contributed by atoms with E-state index in [2.05, 4.69) is 5.16 Å². The smallest absolute Gasteiger partial charge is 0.361 e. The van der Waals surface area contributed by atoms with E-state index >= 15 is 0 Å². The van der Waals surface area contributed by atoms with Crippen molar-refractivity contribution in [3.63, 3.8) is 0 Å². The van der Waals surface area contributed by atoms with Crippen LogP contribution in [-0.4, -0.2) is 40.4 Å². The summed E-state index contributed by atoms with van der Waals surface area (Å²) in [7, 11) is 1.62. The Hall–Kier alpha value is -2.84. The summed E-state index contributed by atoms with van der Waals surface area (Å²) in [6, 6.07) is 6.60. The van der Waals surface area contributed by atoms with Crippen molar-refractivity contribution in [2.75, 3.05) is 13.6 Å². The Balaban J connectivity index is 1.62. The predicted octanol–water partition coefficient (Wildman–Crippen LogP) is 3.01. The van der Waals surface area contributed by atoms with Crippen molar-refractivity contribution in [3.8, 4) is 0 Å². The molecule has 1 saturated heterocycles. The lowest BCUT2D eigenvalue weighted by Gasteiger charge is -2.21. The van der Waals surface area contributed by atoms with Crippen molar-refractivity contribution in [2.24, 2.45) is 5.92 Å². The first-order chi connectivity index (χ1) is 13.1. The minimum atomic E-state index is -4.44. The maximum absolute atomic E-state index is 12.9. The van der Waals surface area contributed by atoms with Crippen molar-refractivity contribution in [1.29, 1.82) is 0 Å². The number of carbonyl (C=O) groups excluding carboxylic acids is 2. The molecule has 2 aromatic rings. The van der Waals surface area contributed by atoms with Crippen LogP contribution in [0.25, 0.3) is 0 Å². The van der Waals surface area contributed by atoms with E-state index in [1.807, 2.05) is 0 Å². The molecule has 0 aliphatic carbocycles. The molecule has 9 heteroatoms. The van der Waals surface area contributed by atoms with Crippen molar-refractivity contribution in [3.05, 3.63) is 52.9 Å². The van der Waals surface area contributed by atoms with Crippen LogP contribution in [0.3, 0.4) is 0 Å². The number of aromatic nitrogens is 1. The summed E-state index contributed by atoms with van der Waals surface area (Å²) in [6.45, 7) is 2.23. The molecule has 0 bridgehead atoms. The SMILES string of the molecule is Cc1cc(CN(C)C(=O)C2CC(=O)N(Cc3cccc(C(F)(F)F)c3)C2)no1. The Labute approximate surface area is 159 Å². The number of likely N-dealkylation sites (tertiary alicyclic amines) is 1. The van der Waals surface area contributed by atoms with Gasteiger partial charge >= 0.3 is 6.18 Å². The molecule has 1 unspecified atom stereocenters. The van der Waals surface area contributed by atoms with Gasteiger partial charge in [-0.05, 0) is 24.6 Å². The molecule has 0 spiro atoms. The quantitative estimate of drug-likeness (QED) is 0.781. The molecule has 1 fully saturated rings. The van der Waals surface area contributed by atoms with E-state index in [9.17, 15) is 22.8 Å². The van der Waals surface area contributed by atoms with E-state index in [0.29, 0.717) is 17.0 Å². The van der Waals surface area contributed by atoms with Crippen LogP contribution in [0.5, 0.6) is 0 Å². The molecule has 1 aliphatic heterocycles. The molecule has 0 N–H and O–H groups in total. The van der Waals surface area contributed by atoms with Gasteiger partial charge in [0.1, 0.15) is 11.5 Å². The second-order valence-corrected chi connectivity index (χ2v) is 7.00. The number of halogens is 3. The number of benzene rings is 1. The van der Waals surface area contributed by atoms with Gasteiger partial charge in [0.25, 0.3) is 0 Å². The Morgan fingerprint density at radius 3 is 2.75 bits per heavy atom. The fourth-order valence-electron chi connectivity index (χ4n) is 3.28. The van der Waals surface area contributed by atoms with Gasteiger partial charge in [-0.1, -0.05) is 17.3 Å². The maximum atomic E-state index is 12.9.